The van der Waals surface area contributed by atoms with Crippen molar-refractivity contribution in [3.8, 4) is 0 Å². The highest BCUT2D eigenvalue weighted by atomic mass is 127. The molecular weight excluding hydrogens is 260 g/mol. The monoisotopic (exact) mass is 267 g/mol. The van der Waals surface area contributed by atoms with E-state index in [1.807, 2.05) is 19.1 Å². The fraction of sp³-hybridized carbons (Fsp3) is 0.143. The molecule has 0 bridgehead atoms. The Morgan fingerprint density at radius 1 is 1.50 bits per heavy atom. The van der Waals surface area contributed by atoms with Crippen LogP contribution in [-0.4, -0.2) is 0 Å². The molecule has 2 N–H and O–H groups in total. The molecule has 0 unspecified atom stereocenters. The summed E-state index contributed by atoms with van der Waals surface area (Å²) in [4.78, 5) is 0. The Labute approximate surface area is 78.7 Å². The van der Waals surface area contributed by atoms with E-state index in [0.29, 0.717) is 0 Å². The van der Waals surface area contributed by atoms with Crippen LogP contribution in [0.15, 0.2) is 12.1 Å². The number of anilines is 1. The summed E-state index contributed by atoms with van der Waals surface area (Å²) in [6.07, 6.45) is 0. The predicted molar refractivity (Wildman–Crippen MR) is 53.3 cm³/mol. The Hall–Kier alpha value is 0.0400. The summed E-state index contributed by atoms with van der Waals surface area (Å²) in [6, 6.07) is 3.81. The number of benzene rings is 1. The van der Waals surface area contributed by atoms with Crippen molar-refractivity contribution in [2.24, 2.45) is 0 Å². The van der Waals surface area contributed by atoms with Gasteiger partial charge in [0.05, 0.1) is 8.59 Å². The molecule has 0 aliphatic carbocycles. The van der Waals surface area contributed by atoms with Gasteiger partial charge in [0.1, 0.15) is 0 Å². The Kier molecular flexibility index (Phi) is 2.41. The van der Waals surface area contributed by atoms with Gasteiger partial charge >= 0.3 is 0 Å². The first-order valence-electron chi connectivity index (χ1n) is 2.82. The molecule has 1 rings (SSSR count). The van der Waals surface area contributed by atoms with Crippen molar-refractivity contribution in [3.05, 3.63) is 26.3 Å². The third-order valence-electron chi connectivity index (χ3n) is 1.20. The second-order valence-corrected chi connectivity index (χ2v) is 3.64. The molecule has 0 aromatic heterocycles. The van der Waals surface area contributed by atoms with Crippen molar-refractivity contribution in [1.82, 2.24) is 0 Å². The topological polar surface area (TPSA) is 26.0 Å². The molecule has 0 saturated heterocycles. The SMILES string of the molecule is Cc1cc(N)c(I)c(Cl)c1. The third-order valence-corrected chi connectivity index (χ3v) is 3.02. The summed E-state index contributed by atoms with van der Waals surface area (Å²) in [7, 11) is 0. The fourth-order valence-electron chi connectivity index (χ4n) is 0.751. The lowest BCUT2D eigenvalue weighted by Crippen LogP contribution is -1.90. The standard InChI is InChI=1S/C7H7ClIN/c1-4-2-5(8)7(9)6(10)3-4/h2-3H,10H2,1H3. The van der Waals surface area contributed by atoms with Gasteiger partial charge in [-0.1, -0.05) is 11.6 Å². The van der Waals surface area contributed by atoms with Crippen LogP contribution in [0.3, 0.4) is 0 Å². The first-order chi connectivity index (χ1) is 4.61. The summed E-state index contributed by atoms with van der Waals surface area (Å²) in [5.41, 5.74) is 7.48. The van der Waals surface area contributed by atoms with Crippen LogP contribution in [0.2, 0.25) is 5.02 Å². The Morgan fingerprint density at radius 2 is 2.10 bits per heavy atom. The van der Waals surface area contributed by atoms with Crippen LogP contribution in [0.5, 0.6) is 0 Å². The van der Waals surface area contributed by atoms with E-state index in [0.717, 1.165) is 19.8 Å². The maximum atomic E-state index is 5.83. The molecule has 0 radical (unpaired) electrons. The van der Waals surface area contributed by atoms with Gasteiger partial charge in [0.15, 0.2) is 0 Å². The summed E-state index contributed by atoms with van der Waals surface area (Å²) in [6.45, 7) is 1.97. The van der Waals surface area contributed by atoms with Gasteiger partial charge in [-0.2, -0.15) is 0 Å². The quantitative estimate of drug-likeness (QED) is 0.568. The van der Waals surface area contributed by atoms with Crippen LogP contribution in [-0.2, 0) is 0 Å². The minimum absolute atomic E-state index is 0.734. The maximum Gasteiger partial charge on any atom is 0.0562 e. The van der Waals surface area contributed by atoms with Gasteiger partial charge in [0, 0.05) is 5.69 Å². The van der Waals surface area contributed by atoms with E-state index in [-0.39, 0.29) is 0 Å². The van der Waals surface area contributed by atoms with Crippen molar-refractivity contribution >= 4 is 39.9 Å². The molecule has 1 aromatic rings. The summed E-state index contributed by atoms with van der Waals surface area (Å²) in [5, 5.41) is 0.734. The van der Waals surface area contributed by atoms with Gasteiger partial charge in [0.2, 0.25) is 0 Å². The molecule has 54 valence electrons. The van der Waals surface area contributed by atoms with Crippen LogP contribution < -0.4 is 5.73 Å². The van der Waals surface area contributed by atoms with Crippen LogP contribution in [0.1, 0.15) is 5.56 Å². The maximum absolute atomic E-state index is 5.83. The van der Waals surface area contributed by atoms with Gasteiger partial charge in [-0.25, -0.2) is 0 Å². The zero-order valence-electron chi connectivity index (χ0n) is 5.49. The number of nitrogen functional groups attached to an aromatic ring is 1. The minimum atomic E-state index is 0.734. The van der Waals surface area contributed by atoms with Crippen molar-refractivity contribution in [2.75, 3.05) is 5.73 Å². The molecule has 0 saturated carbocycles. The minimum Gasteiger partial charge on any atom is -0.398 e. The van der Waals surface area contributed by atoms with Crippen LogP contribution in [0.25, 0.3) is 0 Å². The number of hydrogen-bond donors (Lipinski definition) is 1. The van der Waals surface area contributed by atoms with Gasteiger partial charge in [-0.05, 0) is 47.2 Å². The van der Waals surface area contributed by atoms with Crippen LogP contribution in [0, 0.1) is 10.5 Å². The lowest BCUT2D eigenvalue weighted by molar-refractivity contribution is 1.46. The molecule has 1 nitrogen and oxygen atoms in total. The van der Waals surface area contributed by atoms with Crippen molar-refractivity contribution in [2.45, 2.75) is 6.92 Å². The summed E-state index contributed by atoms with van der Waals surface area (Å²) in [5.74, 6) is 0. The fourth-order valence-corrected chi connectivity index (χ4v) is 1.34. The molecule has 10 heavy (non-hydrogen) atoms. The molecule has 1 aromatic carbocycles. The van der Waals surface area contributed by atoms with E-state index in [1.165, 1.54) is 0 Å². The predicted octanol–water partition coefficient (Wildman–Crippen LogP) is 2.84. The number of nitrogens with two attached hydrogens (primary N) is 1. The summed E-state index contributed by atoms with van der Waals surface area (Å²) < 4.78 is 0.935. The van der Waals surface area contributed by atoms with Crippen molar-refractivity contribution in [1.29, 1.82) is 0 Å². The number of halogens is 2. The molecule has 0 spiro atoms. The first-order valence-corrected chi connectivity index (χ1v) is 4.28. The van der Waals surface area contributed by atoms with Crippen LogP contribution in [0.4, 0.5) is 5.69 Å². The Morgan fingerprint density at radius 3 is 2.60 bits per heavy atom. The highest BCUT2D eigenvalue weighted by Crippen LogP contribution is 2.25. The highest BCUT2D eigenvalue weighted by Gasteiger charge is 2.00. The number of aryl methyl sites for hydroxylation is 1. The zero-order chi connectivity index (χ0) is 7.72. The molecule has 3 heteroatoms. The molecule has 0 fully saturated rings. The van der Waals surface area contributed by atoms with Gasteiger partial charge in [-0.3, -0.25) is 0 Å². The number of hydrogen-bond acceptors (Lipinski definition) is 1. The van der Waals surface area contributed by atoms with Crippen molar-refractivity contribution < 1.29 is 0 Å². The normalized spacial score (nSPS) is 9.90. The smallest absolute Gasteiger partial charge is 0.0562 e. The molecule has 0 heterocycles. The molecule has 0 amide bonds. The van der Waals surface area contributed by atoms with E-state index >= 15 is 0 Å². The lowest BCUT2D eigenvalue weighted by Gasteiger charge is -2.01. The van der Waals surface area contributed by atoms with E-state index in [2.05, 4.69) is 22.6 Å². The van der Waals surface area contributed by atoms with E-state index < -0.39 is 0 Å². The van der Waals surface area contributed by atoms with E-state index in [4.69, 9.17) is 17.3 Å². The number of rotatable bonds is 0. The first kappa shape index (κ1) is 8.14. The van der Waals surface area contributed by atoms with Gasteiger partial charge < -0.3 is 5.73 Å². The second kappa shape index (κ2) is 2.96. The Bertz CT molecular complexity index is 237. The second-order valence-electron chi connectivity index (χ2n) is 2.15. The summed E-state index contributed by atoms with van der Waals surface area (Å²) >= 11 is 7.96. The molecule has 0 atom stereocenters. The third kappa shape index (κ3) is 1.55. The van der Waals surface area contributed by atoms with E-state index in [9.17, 15) is 0 Å². The Balaban J connectivity index is 3.31. The molecular formula is C7H7ClIN. The average molecular weight is 267 g/mol. The van der Waals surface area contributed by atoms with Gasteiger partial charge in [-0.15, -0.1) is 0 Å². The molecule has 0 aliphatic rings. The highest BCUT2D eigenvalue weighted by molar-refractivity contribution is 14.1. The van der Waals surface area contributed by atoms with Gasteiger partial charge in [0.25, 0.3) is 0 Å². The lowest BCUT2D eigenvalue weighted by atomic mass is 10.2. The molecule has 0 aliphatic heterocycles. The van der Waals surface area contributed by atoms with Crippen LogP contribution >= 0.6 is 34.2 Å². The average Bonchev–Trinajstić information content (AvgIpc) is 1.82. The largest absolute Gasteiger partial charge is 0.398 e. The zero-order valence-corrected chi connectivity index (χ0v) is 8.40. The van der Waals surface area contributed by atoms with Crippen molar-refractivity contribution in [3.63, 3.8) is 0 Å². The van der Waals surface area contributed by atoms with E-state index in [1.54, 1.807) is 0 Å².